The van der Waals surface area contributed by atoms with E-state index in [2.05, 4.69) is 20.5 Å². The zero-order valence-electron chi connectivity index (χ0n) is 7.95. The Morgan fingerprint density at radius 3 is 3.29 bits per heavy atom. The summed E-state index contributed by atoms with van der Waals surface area (Å²) >= 11 is 0. The van der Waals surface area contributed by atoms with Crippen LogP contribution in [0.2, 0.25) is 0 Å². The molecule has 2 aromatic rings. The van der Waals surface area contributed by atoms with Crippen LogP contribution in [0.4, 0.5) is 5.69 Å². The minimum Gasteiger partial charge on any atom is -0.383 e. The van der Waals surface area contributed by atoms with Crippen LogP contribution >= 0.6 is 0 Å². The summed E-state index contributed by atoms with van der Waals surface area (Å²) in [6, 6.07) is 2.00. The van der Waals surface area contributed by atoms with E-state index in [-0.39, 0.29) is 0 Å². The summed E-state index contributed by atoms with van der Waals surface area (Å²) in [6.45, 7) is 1.46. The second kappa shape index (κ2) is 4.06. The van der Waals surface area contributed by atoms with E-state index in [9.17, 15) is 0 Å². The molecule has 2 heterocycles. The van der Waals surface area contributed by atoms with Crippen LogP contribution in [0.3, 0.4) is 0 Å². The van der Waals surface area contributed by atoms with Crippen molar-refractivity contribution < 1.29 is 4.74 Å². The molecule has 5 nitrogen and oxygen atoms in total. The summed E-state index contributed by atoms with van der Waals surface area (Å²) in [6.07, 6.45) is 3.53. The number of nitrogens with one attached hydrogen (secondary N) is 2. The van der Waals surface area contributed by atoms with Gasteiger partial charge in [0.25, 0.3) is 0 Å². The maximum absolute atomic E-state index is 4.93. The van der Waals surface area contributed by atoms with Crippen molar-refractivity contribution in [2.75, 3.05) is 25.6 Å². The molecule has 0 unspecified atom stereocenters. The fourth-order valence-electron chi connectivity index (χ4n) is 1.23. The minimum atomic E-state index is 0.684. The maximum atomic E-state index is 4.93. The SMILES string of the molecule is COCCNc1cnc2[nH]ncc2c1. The Balaban J connectivity index is 2.10. The molecule has 74 valence electrons. The van der Waals surface area contributed by atoms with Crippen molar-refractivity contribution in [3.05, 3.63) is 18.5 Å². The summed E-state index contributed by atoms with van der Waals surface area (Å²) in [5, 5.41) is 10.9. The molecule has 2 aromatic heterocycles. The van der Waals surface area contributed by atoms with Crippen molar-refractivity contribution in [2.45, 2.75) is 0 Å². The van der Waals surface area contributed by atoms with Crippen molar-refractivity contribution in [3.63, 3.8) is 0 Å². The van der Waals surface area contributed by atoms with Crippen LogP contribution in [0, 0.1) is 0 Å². The predicted octanol–water partition coefficient (Wildman–Crippen LogP) is 1.02. The van der Waals surface area contributed by atoms with Crippen LogP contribution in [-0.4, -0.2) is 35.4 Å². The lowest BCUT2D eigenvalue weighted by atomic mass is 10.3. The molecular weight excluding hydrogens is 180 g/mol. The number of aromatic nitrogens is 3. The van der Waals surface area contributed by atoms with Crippen molar-refractivity contribution in [3.8, 4) is 0 Å². The van der Waals surface area contributed by atoms with Crippen LogP contribution in [0.5, 0.6) is 0 Å². The molecule has 14 heavy (non-hydrogen) atoms. The molecule has 0 aliphatic rings. The molecule has 0 saturated carbocycles. The topological polar surface area (TPSA) is 62.8 Å². The van der Waals surface area contributed by atoms with Crippen molar-refractivity contribution in [1.29, 1.82) is 0 Å². The first kappa shape index (κ1) is 8.96. The molecule has 2 N–H and O–H groups in total. The van der Waals surface area contributed by atoms with Crippen molar-refractivity contribution in [2.24, 2.45) is 0 Å². The van der Waals surface area contributed by atoms with Gasteiger partial charge in [-0.25, -0.2) is 4.98 Å². The monoisotopic (exact) mass is 192 g/mol. The van der Waals surface area contributed by atoms with E-state index in [1.54, 1.807) is 19.5 Å². The lowest BCUT2D eigenvalue weighted by Gasteiger charge is -2.04. The highest BCUT2D eigenvalue weighted by Crippen LogP contribution is 2.13. The Kier molecular flexibility index (Phi) is 2.60. The van der Waals surface area contributed by atoms with E-state index in [4.69, 9.17) is 4.74 Å². The quantitative estimate of drug-likeness (QED) is 0.710. The van der Waals surface area contributed by atoms with Gasteiger partial charge in [0.15, 0.2) is 5.65 Å². The smallest absolute Gasteiger partial charge is 0.155 e. The number of methoxy groups -OCH3 is 1. The molecule has 2 rings (SSSR count). The number of pyridine rings is 1. The number of H-pyrrole nitrogens is 1. The van der Waals surface area contributed by atoms with E-state index in [0.717, 1.165) is 23.3 Å². The third kappa shape index (κ3) is 1.82. The highest BCUT2D eigenvalue weighted by Gasteiger charge is 1.97. The molecule has 0 amide bonds. The standard InChI is InChI=1S/C9H12N4O/c1-14-3-2-10-8-4-7-5-12-13-9(7)11-6-8/h4-6,10H,2-3H2,1H3,(H,11,12,13). The van der Waals surface area contributed by atoms with Crippen molar-refractivity contribution >= 4 is 16.7 Å². The van der Waals surface area contributed by atoms with E-state index >= 15 is 0 Å². The Hall–Kier alpha value is -1.62. The van der Waals surface area contributed by atoms with Crippen molar-refractivity contribution in [1.82, 2.24) is 15.2 Å². The van der Waals surface area contributed by atoms with Gasteiger partial charge in [0.1, 0.15) is 0 Å². The van der Waals surface area contributed by atoms with E-state index in [0.29, 0.717) is 6.61 Å². The van der Waals surface area contributed by atoms with Crippen LogP contribution in [0.1, 0.15) is 0 Å². The molecule has 0 atom stereocenters. The second-order valence-electron chi connectivity index (χ2n) is 2.95. The first-order valence-corrected chi connectivity index (χ1v) is 4.42. The summed E-state index contributed by atoms with van der Waals surface area (Å²) in [4.78, 5) is 4.20. The Morgan fingerprint density at radius 2 is 2.43 bits per heavy atom. The van der Waals surface area contributed by atoms with Crippen LogP contribution in [-0.2, 0) is 4.74 Å². The van der Waals surface area contributed by atoms with Gasteiger partial charge in [-0.05, 0) is 6.07 Å². The summed E-state index contributed by atoms with van der Waals surface area (Å²) < 4.78 is 4.93. The first-order valence-electron chi connectivity index (χ1n) is 4.42. The molecule has 0 aliphatic carbocycles. The number of fused-ring (bicyclic) bond motifs is 1. The average Bonchev–Trinajstić information content (AvgIpc) is 2.65. The lowest BCUT2D eigenvalue weighted by molar-refractivity contribution is 0.211. The van der Waals surface area contributed by atoms with Gasteiger partial charge in [-0.2, -0.15) is 5.10 Å². The van der Waals surface area contributed by atoms with Gasteiger partial charge in [-0.1, -0.05) is 0 Å². The number of aromatic amines is 1. The highest BCUT2D eigenvalue weighted by molar-refractivity contribution is 5.77. The Labute approximate surface area is 81.5 Å². The molecular formula is C9H12N4O. The Bertz CT molecular complexity index is 412. The van der Waals surface area contributed by atoms with Gasteiger partial charge >= 0.3 is 0 Å². The summed E-state index contributed by atoms with van der Waals surface area (Å²) in [5.74, 6) is 0. The fraction of sp³-hybridized carbons (Fsp3) is 0.333. The molecule has 0 fully saturated rings. The number of nitrogens with zero attached hydrogens (tertiary/aromatic N) is 2. The fourth-order valence-corrected chi connectivity index (χ4v) is 1.23. The summed E-state index contributed by atoms with van der Waals surface area (Å²) in [5.41, 5.74) is 1.79. The normalized spacial score (nSPS) is 10.6. The molecule has 0 saturated heterocycles. The zero-order chi connectivity index (χ0) is 9.80. The molecule has 0 spiro atoms. The van der Waals surface area contributed by atoms with Gasteiger partial charge in [-0.15, -0.1) is 0 Å². The van der Waals surface area contributed by atoms with Crippen LogP contribution in [0.25, 0.3) is 11.0 Å². The van der Waals surface area contributed by atoms with Gasteiger partial charge in [0, 0.05) is 19.0 Å². The van der Waals surface area contributed by atoms with E-state index in [1.165, 1.54) is 0 Å². The van der Waals surface area contributed by atoms with Gasteiger partial charge in [-0.3, -0.25) is 5.10 Å². The molecule has 0 aliphatic heterocycles. The van der Waals surface area contributed by atoms with E-state index < -0.39 is 0 Å². The largest absolute Gasteiger partial charge is 0.383 e. The van der Waals surface area contributed by atoms with E-state index in [1.807, 2.05) is 6.07 Å². The third-order valence-electron chi connectivity index (χ3n) is 1.93. The number of ether oxygens (including phenoxy) is 1. The summed E-state index contributed by atoms with van der Waals surface area (Å²) in [7, 11) is 1.68. The maximum Gasteiger partial charge on any atom is 0.155 e. The molecule has 0 aromatic carbocycles. The number of hydrogen-bond donors (Lipinski definition) is 2. The van der Waals surface area contributed by atoms with Crippen LogP contribution < -0.4 is 5.32 Å². The number of anilines is 1. The average molecular weight is 192 g/mol. The second-order valence-corrected chi connectivity index (χ2v) is 2.95. The molecule has 0 radical (unpaired) electrons. The third-order valence-corrected chi connectivity index (χ3v) is 1.93. The van der Waals surface area contributed by atoms with Gasteiger partial charge in [0.2, 0.25) is 0 Å². The van der Waals surface area contributed by atoms with Gasteiger partial charge < -0.3 is 10.1 Å². The van der Waals surface area contributed by atoms with Gasteiger partial charge in [0.05, 0.1) is 24.7 Å². The Morgan fingerprint density at radius 1 is 1.50 bits per heavy atom. The number of rotatable bonds is 4. The molecule has 5 heteroatoms. The first-order chi connectivity index (χ1) is 6.90. The highest BCUT2D eigenvalue weighted by atomic mass is 16.5. The zero-order valence-corrected chi connectivity index (χ0v) is 7.95. The molecule has 0 bridgehead atoms. The van der Waals surface area contributed by atoms with Crippen LogP contribution in [0.15, 0.2) is 18.5 Å². The lowest BCUT2D eigenvalue weighted by Crippen LogP contribution is -2.07. The predicted molar refractivity (Wildman–Crippen MR) is 54.3 cm³/mol. The number of hydrogen-bond acceptors (Lipinski definition) is 4. The minimum absolute atomic E-state index is 0.684.